The van der Waals surface area contributed by atoms with Gasteiger partial charge in [-0.1, -0.05) is 12.1 Å². The molecule has 9 nitrogen and oxygen atoms in total. The van der Waals surface area contributed by atoms with E-state index in [1.165, 1.54) is 38.2 Å². The Morgan fingerprint density at radius 3 is 2.77 bits per heavy atom. The summed E-state index contributed by atoms with van der Waals surface area (Å²) < 4.78 is 38.8. The van der Waals surface area contributed by atoms with Crippen LogP contribution in [-0.2, 0) is 0 Å². The number of anilines is 1. The first-order chi connectivity index (χ1) is 21.3. The van der Waals surface area contributed by atoms with Crippen LogP contribution < -0.4 is 20.6 Å². The van der Waals surface area contributed by atoms with E-state index in [-0.39, 0.29) is 39.9 Å². The van der Waals surface area contributed by atoms with Crippen LogP contribution in [0.25, 0.3) is 33.0 Å². The first-order valence-electron chi connectivity index (χ1n) is 15.5. The number of aromatic nitrogens is 2. The summed E-state index contributed by atoms with van der Waals surface area (Å²) in [5, 5.41) is 14.8. The van der Waals surface area contributed by atoms with E-state index in [1.54, 1.807) is 19.1 Å². The molecule has 2 aromatic heterocycles. The lowest BCUT2D eigenvalue weighted by molar-refractivity contribution is 0.292. The standard InChI is InChI=1S/C26H25FN4O4.C7H12FN/c1-13-22-21(24(30-26(29-22)34-2)31-8-4-6-15-11-28-12-19(15)31)25(33)35-23(13)17-10-16(32)9-14-5-3-7-18(27)20(14)17;8-6-4-7-2-1-3-9(7)5-6/h3,5,7,9-10,15,19,28,32H,4,6,8,11-12H2,1-2H3;6-7H,1-5H2. The molecule has 44 heavy (non-hydrogen) atoms. The molecule has 4 unspecified atom stereocenters. The van der Waals surface area contributed by atoms with Gasteiger partial charge in [0.15, 0.2) is 5.82 Å². The van der Waals surface area contributed by atoms with E-state index in [0.29, 0.717) is 40.8 Å². The summed E-state index contributed by atoms with van der Waals surface area (Å²) >= 11 is 0. The monoisotopic (exact) mass is 605 g/mol. The third-order valence-corrected chi connectivity index (χ3v) is 9.71. The largest absolute Gasteiger partial charge is 0.508 e. The lowest BCUT2D eigenvalue weighted by atomic mass is 9.92. The Morgan fingerprint density at radius 2 is 1.95 bits per heavy atom. The Bertz CT molecular complexity index is 1770. The van der Waals surface area contributed by atoms with E-state index in [0.717, 1.165) is 45.4 Å². The number of nitrogens with zero attached hydrogens (tertiary/aromatic N) is 4. The minimum absolute atomic E-state index is 0.0608. The molecule has 232 valence electrons. The number of halogens is 2. The molecule has 4 aliphatic rings. The molecule has 11 heteroatoms. The van der Waals surface area contributed by atoms with Gasteiger partial charge in [0.2, 0.25) is 0 Å². The number of methoxy groups -OCH3 is 1. The number of benzene rings is 2. The summed E-state index contributed by atoms with van der Waals surface area (Å²) in [7, 11) is 1.49. The number of aromatic hydroxyl groups is 1. The fourth-order valence-electron chi connectivity index (χ4n) is 7.68. The molecule has 8 rings (SSSR count). The van der Waals surface area contributed by atoms with Crippen LogP contribution >= 0.6 is 0 Å². The normalized spacial score (nSPS) is 24.8. The minimum atomic E-state index is -0.612. The van der Waals surface area contributed by atoms with Crippen molar-refractivity contribution in [3.05, 3.63) is 52.1 Å². The highest BCUT2D eigenvalue weighted by Crippen LogP contribution is 2.39. The highest BCUT2D eigenvalue weighted by molar-refractivity contribution is 6.00. The van der Waals surface area contributed by atoms with Gasteiger partial charge in [0.25, 0.3) is 0 Å². The number of fused-ring (bicyclic) bond motifs is 4. The summed E-state index contributed by atoms with van der Waals surface area (Å²) in [5.41, 5.74) is 0.597. The Kier molecular flexibility index (Phi) is 7.62. The molecule has 0 radical (unpaired) electrons. The molecule has 2 N–H and O–H groups in total. The lowest BCUT2D eigenvalue weighted by Gasteiger charge is -2.38. The number of ether oxygens (including phenoxy) is 1. The van der Waals surface area contributed by atoms with Gasteiger partial charge in [-0.15, -0.1) is 0 Å². The average molecular weight is 606 g/mol. The summed E-state index contributed by atoms with van der Waals surface area (Å²) in [5.74, 6) is 0.594. The van der Waals surface area contributed by atoms with Crippen molar-refractivity contribution in [3.8, 4) is 23.1 Å². The SMILES string of the molecule is COc1nc(N2CCCC3CNCC32)c2c(=O)oc(-c3cc(O)cc4cccc(F)c34)c(C)c2n1.FC1CC2CCCN2C1. The van der Waals surface area contributed by atoms with Crippen LogP contribution in [0.2, 0.25) is 0 Å². The number of alkyl halides is 1. The zero-order valence-corrected chi connectivity index (χ0v) is 25.0. The zero-order valence-electron chi connectivity index (χ0n) is 25.0. The molecular formula is C33H37F2N5O4. The van der Waals surface area contributed by atoms with Crippen LogP contribution in [0.3, 0.4) is 0 Å². The second-order valence-corrected chi connectivity index (χ2v) is 12.4. The molecular weight excluding hydrogens is 568 g/mol. The molecule has 4 aromatic rings. The van der Waals surface area contributed by atoms with Gasteiger partial charge in [-0.25, -0.2) is 13.6 Å². The number of hydrogen-bond donors (Lipinski definition) is 2. The Labute approximate surface area is 253 Å². The lowest BCUT2D eigenvalue weighted by Crippen LogP contribution is -2.46. The van der Waals surface area contributed by atoms with E-state index in [9.17, 15) is 18.7 Å². The van der Waals surface area contributed by atoms with Crippen molar-refractivity contribution < 1.29 is 23.0 Å². The topological polar surface area (TPSA) is 104 Å². The Hall–Kier alpha value is -3.83. The van der Waals surface area contributed by atoms with Gasteiger partial charge in [-0.2, -0.15) is 9.97 Å². The summed E-state index contributed by atoms with van der Waals surface area (Å²) in [6.07, 6.45) is 4.93. The first-order valence-corrected chi connectivity index (χ1v) is 15.5. The molecule has 0 amide bonds. The van der Waals surface area contributed by atoms with Crippen LogP contribution in [0, 0.1) is 18.7 Å². The second-order valence-electron chi connectivity index (χ2n) is 12.4. The Morgan fingerprint density at radius 1 is 1.11 bits per heavy atom. The van der Waals surface area contributed by atoms with E-state index >= 15 is 0 Å². The smallest absolute Gasteiger partial charge is 0.349 e. The third kappa shape index (κ3) is 5.05. The van der Waals surface area contributed by atoms with E-state index in [2.05, 4.69) is 25.1 Å². The number of aryl methyl sites for hydroxylation is 1. The fourth-order valence-corrected chi connectivity index (χ4v) is 7.68. The van der Waals surface area contributed by atoms with E-state index in [4.69, 9.17) is 9.15 Å². The van der Waals surface area contributed by atoms with Crippen LogP contribution in [0.4, 0.5) is 14.6 Å². The van der Waals surface area contributed by atoms with Crippen LogP contribution in [0.1, 0.15) is 37.7 Å². The molecule has 6 heterocycles. The molecule has 0 saturated carbocycles. The fraction of sp³-hybridized carbons (Fsp3) is 0.485. The first kappa shape index (κ1) is 28.9. The number of piperidine rings is 1. The van der Waals surface area contributed by atoms with Gasteiger partial charge < -0.3 is 24.5 Å². The summed E-state index contributed by atoms with van der Waals surface area (Å²) in [6, 6.07) is 8.45. The van der Waals surface area contributed by atoms with Crippen molar-refractivity contribution in [3.63, 3.8) is 0 Å². The molecule has 4 saturated heterocycles. The van der Waals surface area contributed by atoms with Gasteiger partial charge >= 0.3 is 11.6 Å². The van der Waals surface area contributed by atoms with Crippen molar-refractivity contribution in [2.24, 2.45) is 5.92 Å². The Balaban J connectivity index is 0.000000296. The van der Waals surface area contributed by atoms with Crippen molar-refractivity contribution in [1.82, 2.24) is 20.2 Å². The predicted molar refractivity (Wildman–Crippen MR) is 165 cm³/mol. The number of rotatable bonds is 3. The van der Waals surface area contributed by atoms with Gasteiger partial charge in [0.1, 0.15) is 28.9 Å². The van der Waals surface area contributed by atoms with Gasteiger partial charge in [-0.05, 0) is 75.1 Å². The number of phenolic OH excluding ortho intramolecular Hbond substituents is 1. The molecule has 2 aromatic carbocycles. The second kappa shape index (κ2) is 11.6. The van der Waals surface area contributed by atoms with Crippen LogP contribution in [0.5, 0.6) is 11.8 Å². The van der Waals surface area contributed by atoms with E-state index in [1.807, 2.05) is 0 Å². The zero-order chi connectivity index (χ0) is 30.5. The van der Waals surface area contributed by atoms with Gasteiger partial charge in [0, 0.05) is 54.8 Å². The summed E-state index contributed by atoms with van der Waals surface area (Å²) in [6.45, 7) is 6.14. The minimum Gasteiger partial charge on any atom is -0.508 e. The van der Waals surface area contributed by atoms with Crippen molar-refractivity contribution in [2.75, 3.05) is 44.7 Å². The van der Waals surface area contributed by atoms with Gasteiger partial charge in [-0.3, -0.25) is 4.90 Å². The maximum Gasteiger partial charge on any atom is 0.349 e. The third-order valence-electron chi connectivity index (χ3n) is 9.71. The molecule has 0 bridgehead atoms. The van der Waals surface area contributed by atoms with Gasteiger partial charge in [0.05, 0.1) is 12.6 Å². The maximum atomic E-state index is 14.9. The average Bonchev–Trinajstić information content (AvgIpc) is 3.75. The van der Waals surface area contributed by atoms with E-state index < -0.39 is 17.6 Å². The molecule has 0 spiro atoms. The molecule has 4 aliphatic heterocycles. The maximum absolute atomic E-state index is 14.9. The number of nitrogens with one attached hydrogen (secondary N) is 1. The van der Waals surface area contributed by atoms with Crippen molar-refractivity contribution in [1.29, 1.82) is 0 Å². The van der Waals surface area contributed by atoms with Crippen LogP contribution in [0.15, 0.2) is 39.5 Å². The van der Waals surface area contributed by atoms with Crippen LogP contribution in [-0.4, -0.2) is 78.1 Å². The number of phenols is 1. The highest BCUT2D eigenvalue weighted by atomic mass is 19.1. The quantitative estimate of drug-likeness (QED) is 0.336. The molecule has 4 fully saturated rings. The predicted octanol–water partition coefficient (Wildman–Crippen LogP) is 4.95. The van der Waals surface area contributed by atoms with Crippen molar-refractivity contribution in [2.45, 2.75) is 57.3 Å². The molecule has 4 atom stereocenters. The highest BCUT2D eigenvalue weighted by Gasteiger charge is 2.38. The number of hydrogen-bond acceptors (Lipinski definition) is 9. The summed E-state index contributed by atoms with van der Waals surface area (Å²) in [4.78, 5) is 27.1. The van der Waals surface area contributed by atoms with Crippen molar-refractivity contribution >= 4 is 27.5 Å². The molecule has 0 aliphatic carbocycles.